The number of carbonyl (C=O) groups is 7. The Balaban J connectivity index is 0.969. The van der Waals surface area contributed by atoms with Gasteiger partial charge in [-0.1, -0.05) is 29.8 Å². The minimum atomic E-state index is -1.13. The Labute approximate surface area is 340 Å². The van der Waals surface area contributed by atoms with E-state index in [2.05, 4.69) is 26.1 Å². The van der Waals surface area contributed by atoms with E-state index < -0.39 is 54.2 Å². The molecular formula is C39H37ClN8O9S. The molecule has 0 saturated carbocycles. The van der Waals surface area contributed by atoms with Crippen molar-refractivity contribution in [1.29, 1.82) is 0 Å². The zero-order valence-electron chi connectivity index (χ0n) is 31.5. The number of nitrogens with zero attached hydrogens (tertiary/aromatic N) is 5. The molecule has 2 aromatic carbocycles. The fourth-order valence-corrected chi connectivity index (χ4v) is 8.41. The van der Waals surface area contributed by atoms with Crippen LogP contribution in [-0.4, -0.2) is 99.6 Å². The third kappa shape index (κ3) is 7.71. The molecule has 1 fully saturated rings. The number of amides is 6. The molecule has 300 valence electrons. The summed E-state index contributed by atoms with van der Waals surface area (Å²) in [5.74, 6) is -2.88. The van der Waals surface area contributed by atoms with Gasteiger partial charge in [-0.05, 0) is 57.4 Å². The SMILES string of the molecule is COC(=O)C[C@@H]1N=C(c2ccc(Cl)cc2)c2c(sc(C)c2C(=O)NCCCCNC(=O)COc2cccc3c2C(=O)N(C2CCC(=O)NC2=O)C3=O)-n2c(C)nnc21. The second-order valence-corrected chi connectivity index (χ2v) is 15.3. The second kappa shape index (κ2) is 16.7. The van der Waals surface area contributed by atoms with Gasteiger partial charge in [0, 0.05) is 40.5 Å². The minimum Gasteiger partial charge on any atom is -0.483 e. The van der Waals surface area contributed by atoms with Gasteiger partial charge in [0.15, 0.2) is 12.4 Å². The number of unbranched alkanes of at least 4 members (excludes halogenated alkanes) is 1. The largest absolute Gasteiger partial charge is 0.483 e. The first kappa shape index (κ1) is 39.9. The highest BCUT2D eigenvalue weighted by Crippen LogP contribution is 2.40. The van der Waals surface area contributed by atoms with E-state index in [9.17, 15) is 33.6 Å². The monoisotopic (exact) mass is 828 g/mol. The number of aryl methyl sites for hydroxylation is 2. The van der Waals surface area contributed by atoms with Crippen LogP contribution < -0.4 is 20.7 Å². The number of esters is 1. The van der Waals surface area contributed by atoms with Crippen molar-refractivity contribution in [2.45, 2.75) is 58.0 Å². The quantitative estimate of drug-likeness (QED) is 0.101. The van der Waals surface area contributed by atoms with Gasteiger partial charge >= 0.3 is 5.97 Å². The summed E-state index contributed by atoms with van der Waals surface area (Å²) in [4.78, 5) is 96.1. The molecule has 6 amide bonds. The molecule has 3 aliphatic heterocycles. The molecule has 0 radical (unpaired) electrons. The zero-order chi connectivity index (χ0) is 41.2. The minimum absolute atomic E-state index is 0.0102. The molecule has 3 N–H and O–H groups in total. The molecule has 2 aromatic heterocycles. The van der Waals surface area contributed by atoms with Crippen LogP contribution in [-0.2, 0) is 23.9 Å². The summed E-state index contributed by atoms with van der Waals surface area (Å²) in [5, 5.41) is 17.7. The number of methoxy groups -OCH3 is 1. The lowest BCUT2D eigenvalue weighted by Gasteiger charge is -2.27. The summed E-state index contributed by atoms with van der Waals surface area (Å²) < 4.78 is 12.4. The van der Waals surface area contributed by atoms with E-state index in [1.807, 2.05) is 11.5 Å². The van der Waals surface area contributed by atoms with Crippen molar-refractivity contribution in [3.8, 4) is 10.8 Å². The number of halogens is 1. The molecule has 0 bridgehead atoms. The summed E-state index contributed by atoms with van der Waals surface area (Å²) in [5.41, 5.74) is 2.17. The predicted octanol–water partition coefficient (Wildman–Crippen LogP) is 3.16. The molecule has 5 heterocycles. The highest BCUT2D eigenvalue weighted by Gasteiger charge is 2.46. The Kier molecular flexibility index (Phi) is 11.5. The zero-order valence-corrected chi connectivity index (χ0v) is 33.1. The van der Waals surface area contributed by atoms with Gasteiger partial charge in [-0.15, -0.1) is 21.5 Å². The molecule has 7 rings (SSSR count). The number of hydrogen-bond donors (Lipinski definition) is 3. The Hall–Kier alpha value is -6.27. The first-order chi connectivity index (χ1) is 27.9. The Bertz CT molecular complexity index is 2410. The van der Waals surface area contributed by atoms with E-state index in [-0.39, 0.29) is 48.6 Å². The van der Waals surface area contributed by atoms with E-state index in [0.29, 0.717) is 63.5 Å². The van der Waals surface area contributed by atoms with Gasteiger partial charge in [-0.2, -0.15) is 0 Å². The number of fused-ring (bicyclic) bond motifs is 4. The van der Waals surface area contributed by atoms with Gasteiger partial charge < -0.3 is 20.1 Å². The van der Waals surface area contributed by atoms with Crippen LogP contribution >= 0.6 is 22.9 Å². The van der Waals surface area contributed by atoms with Gasteiger partial charge in [0.2, 0.25) is 11.8 Å². The lowest BCUT2D eigenvalue weighted by atomic mass is 9.98. The van der Waals surface area contributed by atoms with Gasteiger partial charge in [-0.25, -0.2) is 0 Å². The van der Waals surface area contributed by atoms with Gasteiger partial charge in [0.1, 0.15) is 28.7 Å². The van der Waals surface area contributed by atoms with Crippen molar-refractivity contribution in [1.82, 2.24) is 35.6 Å². The van der Waals surface area contributed by atoms with Crippen LogP contribution in [0.5, 0.6) is 5.75 Å². The number of imide groups is 2. The molecule has 1 saturated heterocycles. The van der Waals surface area contributed by atoms with E-state index in [4.69, 9.17) is 26.1 Å². The van der Waals surface area contributed by atoms with Crippen LogP contribution in [0.4, 0.5) is 0 Å². The fraction of sp³-hybridized carbons (Fsp3) is 0.333. The Morgan fingerprint density at radius 1 is 0.966 bits per heavy atom. The van der Waals surface area contributed by atoms with E-state index in [1.54, 1.807) is 31.2 Å². The van der Waals surface area contributed by atoms with Crippen molar-refractivity contribution >= 4 is 70.1 Å². The number of ether oxygens (including phenoxy) is 2. The normalized spacial score (nSPS) is 17.1. The van der Waals surface area contributed by atoms with E-state index >= 15 is 0 Å². The Morgan fingerprint density at radius 3 is 2.43 bits per heavy atom. The summed E-state index contributed by atoms with van der Waals surface area (Å²) in [6.07, 6.45) is 0.940. The number of aliphatic imine (C=N–C) groups is 1. The first-order valence-electron chi connectivity index (χ1n) is 18.4. The molecule has 17 nitrogen and oxygen atoms in total. The average Bonchev–Trinajstić information content (AvgIpc) is 3.80. The standard InChI is InChI=1S/C39H37ClN8O9S/c1-19-30(32-33(21-9-11-22(40)12-10-21)43-24(17-29(51)56-3)34-46-45-20(2)47(34)39(32)58-19)36(53)42-16-5-4-15-41-28(50)18-57-26-8-6-7-23-31(26)38(55)48(37(23)54)25-13-14-27(49)44-35(25)52/h6-12,24-25H,4-5,13-18H2,1-3H3,(H,41,50)(H,42,53)(H,44,49,52)/t24-,25?/m0/s1. The molecule has 58 heavy (non-hydrogen) atoms. The number of benzene rings is 2. The lowest BCUT2D eigenvalue weighted by Crippen LogP contribution is -2.54. The molecule has 2 atom stereocenters. The number of carbonyl (C=O) groups excluding carboxylic acids is 7. The van der Waals surface area contributed by atoms with Crippen LogP contribution in [0.25, 0.3) is 5.00 Å². The van der Waals surface area contributed by atoms with Gasteiger partial charge in [0.25, 0.3) is 23.6 Å². The van der Waals surface area contributed by atoms with Gasteiger partial charge in [-0.3, -0.25) is 53.3 Å². The Morgan fingerprint density at radius 2 is 1.71 bits per heavy atom. The maximum Gasteiger partial charge on any atom is 0.308 e. The lowest BCUT2D eigenvalue weighted by molar-refractivity contribution is -0.141. The summed E-state index contributed by atoms with van der Waals surface area (Å²) in [6.45, 7) is 3.76. The topological polar surface area (TPSA) is 220 Å². The summed E-state index contributed by atoms with van der Waals surface area (Å²) >= 11 is 7.61. The van der Waals surface area contributed by atoms with Crippen LogP contribution in [0.2, 0.25) is 5.02 Å². The molecule has 0 spiro atoms. The van der Waals surface area contributed by atoms with Crippen molar-refractivity contribution in [3.63, 3.8) is 0 Å². The number of aromatic nitrogens is 3. The van der Waals surface area contributed by atoms with Crippen LogP contribution in [0.15, 0.2) is 47.5 Å². The molecular weight excluding hydrogens is 792 g/mol. The van der Waals surface area contributed by atoms with Gasteiger partial charge in [0.05, 0.1) is 35.9 Å². The second-order valence-electron chi connectivity index (χ2n) is 13.7. The molecule has 4 aromatic rings. The fourth-order valence-electron chi connectivity index (χ4n) is 7.08. The maximum atomic E-state index is 13.9. The summed E-state index contributed by atoms with van der Waals surface area (Å²) in [6, 6.07) is 9.59. The third-order valence-electron chi connectivity index (χ3n) is 9.87. The highest BCUT2D eigenvalue weighted by atomic mass is 35.5. The molecule has 0 aliphatic carbocycles. The molecule has 1 unspecified atom stereocenters. The van der Waals surface area contributed by atoms with E-state index in [0.717, 1.165) is 9.78 Å². The van der Waals surface area contributed by atoms with Crippen LogP contribution in [0.1, 0.15) is 96.9 Å². The number of piperidine rings is 1. The predicted molar refractivity (Wildman–Crippen MR) is 208 cm³/mol. The average molecular weight is 829 g/mol. The number of rotatable bonds is 13. The van der Waals surface area contributed by atoms with Crippen molar-refractivity contribution < 1.29 is 43.0 Å². The highest BCUT2D eigenvalue weighted by molar-refractivity contribution is 7.15. The smallest absolute Gasteiger partial charge is 0.308 e. The van der Waals surface area contributed by atoms with Crippen molar-refractivity contribution in [2.75, 3.05) is 26.8 Å². The van der Waals surface area contributed by atoms with Crippen molar-refractivity contribution in [3.05, 3.63) is 91.8 Å². The number of hydrogen-bond acceptors (Lipinski definition) is 13. The first-order valence-corrected chi connectivity index (χ1v) is 19.6. The van der Waals surface area contributed by atoms with Crippen LogP contribution in [0.3, 0.4) is 0 Å². The maximum absolute atomic E-state index is 13.9. The van der Waals surface area contributed by atoms with Crippen molar-refractivity contribution in [2.24, 2.45) is 4.99 Å². The van der Waals surface area contributed by atoms with Crippen LogP contribution in [0, 0.1) is 13.8 Å². The molecule has 19 heteroatoms. The summed E-state index contributed by atoms with van der Waals surface area (Å²) in [7, 11) is 1.30. The van der Waals surface area contributed by atoms with E-state index in [1.165, 1.54) is 36.6 Å². The molecule has 3 aliphatic rings. The third-order valence-corrected chi connectivity index (χ3v) is 11.2. The number of thiophene rings is 1. The number of nitrogens with one attached hydrogen (secondary N) is 3.